The Kier molecular flexibility index (Phi) is 8.02. The van der Waals surface area contributed by atoms with Crippen molar-refractivity contribution in [3.63, 3.8) is 0 Å². The number of hydrogen-bond donors (Lipinski definition) is 2. The van der Waals surface area contributed by atoms with Crippen molar-refractivity contribution < 1.29 is 38.9 Å². The predicted octanol–water partition coefficient (Wildman–Crippen LogP) is 2.74. The van der Waals surface area contributed by atoms with Crippen molar-refractivity contribution in [1.29, 1.82) is 0 Å². The largest absolute Gasteiger partial charge is 0.481 e. The van der Waals surface area contributed by atoms with E-state index in [2.05, 4.69) is 0 Å². The van der Waals surface area contributed by atoms with E-state index in [1.54, 1.807) is 13.8 Å². The molecule has 2 N–H and O–H groups in total. The topological polar surface area (TPSA) is 127 Å². The van der Waals surface area contributed by atoms with E-state index < -0.39 is 46.7 Å². The first-order valence-electron chi connectivity index (χ1n) is 9.63. The molecule has 0 aliphatic heterocycles. The predicted molar refractivity (Wildman–Crippen MR) is 99.3 cm³/mol. The Morgan fingerprint density at radius 3 is 2.11 bits per heavy atom. The van der Waals surface area contributed by atoms with Crippen molar-refractivity contribution in [2.45, 2.75) is 66.4 Å². The van der Waals surface area contributed by atoms with Gasteiger partial charge in [-0.15, -0.1) is 0 Å². The molecule has 8 heteroatoms. The standard InChI is InChI=1S/C20H32O8/c1-6-19(4,5)14(28-11-21)10-27-17(24)15(12(2)3)13(16(22)23)9-20(7-8-20)18(25)26/h11-15H,6-10H2,1-5H3,(H,22,23)(H,25,26). The Balaban J connectivity index is 2.95. The molecule has 0 heterocycles. The number of carboxylic acids is 2. The Morgan fingerprint density at radius 1 is 1.18 bits per heavy atom. The molecular formula is C20H32O8. The van der Waals surface area contributed by atoms with Crippen LogP contribution in [-0.2, 0) is 28.7 Å². The molecule has 1 aliphatic carbocycles. The summed E-state index contributed by atoms with van der Waals surface area (Å²) in [5.41, 5.74) is -1.49. The van der Waals surface area contributed by atoms with Gasteiger partial charge in [-0.05, 0) is 31.6 Å². The molecule has 1 aliphatic rings. The molecular weight excluding hydrogens is 368 g/mol. The van der Waals surface area contributed by atoms with Crippen LogP contribution in [0.4, 0.5) is 0 Å². The highest BCUT2D eigenvalue weighted by atomic mass is 16.6. The van der Waals surface area contributed by atoms with Crippen LogP contribution in [0.1, 0.15) is 60.3 Å². The Labute approximate surface area is 165 Å². The van der Waals surface area contributed by atoms with Crippen LogP contribution < -0.4 is 0 Å². The van der Waals surface area contributed by atoms with Gasteiger partial charge < -0.3 is 19.7 Å². The number of rotatable bonds is 13. The third-order valence-electron chi connectivity index (χ3n) is 6.04. The average Bonchev–Trinajstić information content (AvgIpc) is 3.38. The highest BCUT2D eigenvalue weighted by Gasteiger charge is 2.54. The molecule has 0 aromatic carbocycles. The molecule has 3 unspecified atom stereocenters. The summed E-state index contributed by atoms with van der Waals surface area (Å²) >= 11 is 0. The molecule has 0 aromatic rings. The minimum absolute atomic E-state index is 0.107. The van der Waals surface area contributed by atoms with Gasteiger partial charge in [0, 0.05) is 5.41 Å². The van der Waals surface area contributed by atoms with E-state index in [0.29, 0.717) is 25.7 Å². The fourth-order valence-electron chi connectivity index (χ4n) is 3.34. The molecule has 0 bridgehead atoms. The Bertz CT molecular complexity index is 591. The highest BCUT2D eigenvalue weighted by Crippen LogP contribution is 2.52. The Hall–Kier alpha value is -2.12. The van der Waals surface area contributed by atoms with Crippen LogP contribution in [0, 0.1) is 28.6 Å². The summed E-state index contributed by atoms with van der Waals surface area (Å²) in [7, 11) is 0. The number of carbonyl (C=O) groups is 4. The molecule has 160 valence electrons. The molecule has 0 radical (unpaired) electrons. The molecule has 8 nitrogen and oxygen atoms in total. The van der Waals surface area contributed by atoms with Gasteiger partial charge in [-0.3, -0.25) is 19.2 Å². The summed E-state index contributed by atoms with van der Waals surface area (Å²) in [5.74, 6) is -5.46. The van der Waals surface area contributed by atoms with Gasteiger partial charge in [0.15, 0.2) is 0 Å². The lowest BCUT2D eigenvalue weighted by molar-refractivity contribution is -0.168. The molecule has 1 fully saturated rings. The fraction of sp³-hybridized carbons (Fsp3) is 0.800. The van der Waals surface area contributed by atoms with Crippen molar-refractivity contribution >= 4 is 24.4 Å². The van der Waals surface area contributed by atoms with Gasteiger partial charge >= 0.3 is 17.9 Å². The molecule has 1 saturated carbocycles. The van der Waals surface area contributed by atoms with Gasteiger partial charge in [-0.2, -0.15) is 0 Å². The third-order valence-corrected chi connectivity index (χ3v) is 6.04. The summed E-state index contributed by atoms with van der Waals surface area (Å²) in [6.07, 6.45) is 0.724. The second-order valence-corrected chi connectivity index (χ2v) is 8.70. The number of carbonyl (C=O) groups excluding carboxylic acids is 2. The maximum Gasteiger partial charge on any atom is 0.310 e. The molecule has 1 rings (SSSR count). The van der Waals surface area contributed by atoms with E-state index >= 15 is 0 Å². The van der Waals surface area contributed by atoms with Crippen molar-refractivity contribution in [3.05, 3.63) is 0 Å². The maximum absolute atomic E-state index is 12.8. The summed E-state index contributed by atoms with van der Waals surface area (Å²) < 4.78 is 10.4. The Morgan fingerprint density at radius 2 is 1.75 bits per heavy atom. The van der Waals surface area contributed by atoms with Gasteiger partial charge in [0.1, 0.15) is 12.7 Å². The van der Waals surface area contributed by atoms with E-state index in [1.165, 1.54) is 0 Å². The molecule has 0 saturated heterocycles. The summed E-state index contributed by atoms with van der Waals surface area (Å²) in [6.45, 7) is 9.20. The minimum atomic E-state index is -1.21. The molecule has 0 aromatic heterocycles. The van der Waals surface area contributed by atoms with Gasteiger partial charge in [0.05, 0.1) is 17.3 Å². The number of ether oxygens (including phenoxy) is 2. The van der Waals surface area contributed by atoms with Crippen LogP contribution in [0.2, 0.25) is 0 Å². The first-order valence-corrected chi connectivity index (χ1v) is 9.63. The fourth-order valence-corrected chi connectivity index (χ4v) is 3.34. The highest BCUT2D eigenvalue weighted by molar-refractivity contribution is 5.83. The van der Waals surface area contributed by atoms with Crippen molar-refractivity contribution in [2.75, 3.05) is 6.61 Å². The van der Waals surface area contributed by atoms with Crippen LogP contribution >= 0.6 is 0 Å². The smallest absolute Gasteiger partial charge is 0.310 e. The van der Waals surface area contributed by atoms with Crippen LogP contribution in [0.5, 0.6) is 0 Å². The number of carboxylic acid groups (broad SMARTS) is 2. The van der Waals surface area contributed by atoms with E-state index in [1.807, 2.05) is 20.8 Å². The van der Waals surface area contributed by atoms with Crippen LogP contribution in [0.25, 0.3) is 0 Å². The van der Waals surface area contributed by atoms with Crippen LogP contribution in [0.3, 0.4) is 0 Å². The van der Waals surface area contributed by atoms with E-state index in [-0.39, 0.29) is 18.9 Å². The summed E-state index contributed by atoms with van der Waals surface area (Å²) in [5, 5.41) is 19.1. The minimum Gasteiger partial charge on any atom is -0.481 e. The van der Waals surface area contributed by atoms with Crippen molar-refractivity contribution in [3.8, 4) is 0 Å². The molecule has 28 heavy (non-hydrogen) atoms. The quantitative estimate of drug-likeness (QED) is 0.357. The first kappa shape index (κ1) is 23.9. The first-order chi connectivity index (χ1) is 12.9. The molecule has 0 spiro atoms. The van der Waals surface area contributed by atoms with Crippen molar-refractivity contribution in [2.24, 2.45) is 28.6 Å². The zero-order chi connectivity index (χ0) is 21.7. The average molecular weight is 400 g/mol. The zero-order valence-corrected chi connectivity index (χ0v) is 17.3. The third kappa shape index (κ3) is 5.69. The normalized spacial score (nSPS) is 18.6. The monoisotopic (exact) mass is 400 g/mol. The number of hydrogen-bond acceptors (Lipinski definition) is 6. The van der Waals surface area contributed by atoms with Crippen molar-refractivity contribution in [1.82, 2.24) is 0 Å². The second-order valence-electron chi connectivity index (χ2n) is 8.70. The van der Waals surface area contributed by atoms with E-state index in [4.69, 9.17) is 9.47 Å². The SMILES string of the molecule is CCC(C)(C)C(COC(=O)C(C(C)C)C(CC1(C(=O)O)CC1)C(=O)O)OC=O. The van der Waals surface area contributed by atoms with Gasteiger partial charge in [-0.1, -0.05) is 34.6 Å². The van der Waals surface area contributed by atoms with E-state index in [9.17, 15) is 29.4 Å². The number of aliphatic carboxylic acids is 2. The summed E-state index contributed by atoms with van der Waals surface area (Å²) in [6, 6.07) is 0. The molecule has 0 amide bonds. The van der Waals surface area contributed by atoms with Crippen LogP contribution in [0.15, 0.2) is 0 Å². The number of esters is 1. The van der Waals surface area contributed by atoms with Crippen LogP contribution in [-0.4, -0.2) is 47.3 Å². The summed E-state index contributed by atoms with van der Waals surface area (Å²) in [4.78, 5) is 46.9. The lowest BCUT2D eigenvalue weighted by Crippen LogP contribution is -2.41. The van der Waals surface area contributed by atoms with Gasteiger partial charge in [-0.25, -0.2) is 0 Å². The van der Waals surface area contributed by atoms with E-state index in [0.717, 1.165) is 0 Å². The van der Waals surface area contributed by atoms with Gasteiger partial charge in [0.25, 0.3) is 6.47 Å². The maximum atomic E-state index is 12.8. The molecule has 3 atom stereocenters. The van der Waals surface area contributed by atoms with Gasteiger partial charge in [0.2, 0.25) is 0 Å². The lowest BCUT2D eigenvalue weighted by Gasteiger charge is -2.32. The zero-order valence-electron chi connectivity index (χ0n) is 17.3. The lowest BCUT2D eigenvalue weighted by atomic mass is 9.77. The second kappa shape index (κ2) is 9.39.